The van der Waals surface area contributed by atoms with Gasteiger partial charge in [0.05, 0.1) is 0 Å². The van der Waals surface area contributed by atoms with Crippen molar-refractivity contribution >= 4 is 5.91 Å². The molecular weight excluding hydrogens is 170 g/mol. The first-order chi connectivity index (χ1) is 6.20. The number of H-pyrrole nitrogens is 1. The smallest absolute Gasteiger partial charge is 0.326 e. The molecule has 2 rings (SSSR count). The molecule has 0 spiro atoms. The number of carbonyl (C=O) groups excluding carboxylic acids is 1. The minimum Gasteiger partial charge on any atom is -0.344 e. The van der Waals surface area contributed by atoms with Gasteiger partial charge in [0, 0.05) is 26.0 Å². The number of imidazole rings is 1. The lowest BCUT2D eigenvalue weighted by Crippen LogP contribution is -2.29. The Balaban J connectivity index is 2.34. The Morgan fingerprint density at radius 1 is 1.54 bits per heavy atom. The lowest BCUT2D eigenvalue weighted by Gasteiger charge is -2.09. The Labute approximate surface area is 75.0 Å². The molecule has 0 aliphatic carbocycles. The van der Waals surface area contributed by atoms with Crippen LogP contribution in [-0.4, -0.2) is 34.0 Å². The highest BCUT2D eigenvalue weighted by atomic mass is 16.2. The van der Waals surface area contributed by atoms with E-state index >= 15 is 0 Å². The summed E-state index contributed by atoms with van der Waals surface area (Å²) in [7, 11) is 1.75. The predicted molar refractivity (Wildman–Crippen MR) is 46.3 cm³/mol. The summed E-state index contributed by atoms with van der Waals surface area (Å²) in [6.45, 7) is 0.723. The summed E-state index contributed by atoms with van der Waals surface area (Å²) in [5, 5.41) is 0. The van der Waals surface area contributed by atoms with E-state index in [1.807, 2.05) is 0 Å². The number of carbonyl (C=O) groups is 1. The highest BCUT2D eigenvalue weighted by Gasteiger charge is 2.30. The van der Waals surface area contributed by atoms with Crippen LogP contribution in [0.4, 0.5) is 0 Å². The SMILES string of the molecule is CN1CCC(n2cc[nH]c2=O)C1=O. The Morgan fingerprint density at radius 3 is 2.77 bits per heavy atom. The number of aromatic nitrogens is 2. The number of nitrogens with one attached hydrogen (secondary N) is 1. The summed E-state index contributed by atoms with van der Waals surface area (Å²) < 4.78 is 1.45. The average molecular weight is 181 g/mol. The van der Waals surface area contributed by atoms with Crippen LogP contribution in [0.1, 0.15) is 12.5 Å². The molecular formula is C8H11N3O2. The van der Waals surface area contributed by atoms with E-state index in [0.29, 0.717) is 6.42 Å². The maximum absolute atomic E-state index is 11.5. The first-order valence-electron chi connectivity index (χ1n) is 4.20. The lowest BCUT2D eigenvalue weighted by molar-refractivity contribution is -0.129. The van der Waals surface area contributed by atoms with Gasteiger partial charge >= 0.3 is 5.69 Å². The summed E-state index contributed by atoms with van der Waals surface area (Å²) in [4.78, 5) is 26.9. The van der Waals surface area contributed by atoms with E-state index in [9.17, 15) is 9.59 Å². The molecule has 1 aliphatic rings. The van der Waals surface area contributed by atoms with Gasteiger partial charge in [-0.2, -0.15) is 0 Å². The van der Waals surface area contributed by atoms with Gasteiger partial charge in [0.25, 0.3) is 0 Å². The molecule has 1 fully saturated rings. The molecule has 5 nitrogen and oxygen atoms in total. The molecule has 0 saturated carbocycles. The Hall–Kier alpha value is -1.52. The molecule has 0 aromatic carbocycles. The predicted octanol–water partition coefficient (Wildman–Crippen LogP) is -0.420. The van der Waals surface area contributed by atoms with Gasteiger partial charge in [0.15, 0.2) is 0 Å². The maximum atomic E-state index is 11.5. The quantitative estimate of drug-likeness (QED) is 0.639. The molecule has 70 valence electrons. The number of hydrogen-bond acceptors (Lipinski definition) is 2. The van der Waals surface area contributed by atoms with Crippen LogP contribution in [0, 0.1) is 0 Å². The van der Waals surface area contributed by atoms with Crippen LogP contribution in [0.25, 0.3) is 0 Å². The summed E-state index contributed by atoms with van der Waals surface area (Å²) >= 11 is 0. The van der Waals surface area contributed by atoms with Crippen molar-refractivity contribution in [2.45, 2.75) is 12.5 Å². The molecule has 13 heavy (non-hydrogen) atoms. The molecule has 1 unspecified atom stereocenters. The van der Waals surface area contributed by atoms with Gasteiger partial charge in [-0.15, -0.1) is 0 Å². The van der Waals surface area contributed by atoms with Crippen LogP contribution < -0.4 is 5.69 Å². The monoisotopic (exact) mass is 181 g/mol. The van der Waals surface area contributed by atoms with Crippen LogP contribution in [0.3, 0.4) is 0 Å². The number of hydrogen-bond donors (Lipinski definition) is 1. The van der Waals surface area contributed by atoms with Gasteiger partial charge in [-0.25, -0.2) is 4.79 Å². The molecule has 1 amide bonds. The fraction of sp³-hybridized carbons (Fsp3) is 0.500. The van der Waals surface area contributed by atoms with Crippen LogP contribution >= 0.6 is 0 Å². The number of rotatable bonds is 1. The second-order valence-electron chi connectivity index (χ2n) is 3.24. The number of likely N-dealkylation sites (tertiary alicyclic amines) is 1. The molecule has 1 aromatic rings. The minimum atomic E-state index is -0.302. The van der Waals surface area contributed by atoms with Crippen molar-refractivity contribution in [3.8, 4) is 0 Å². The number of amides is 1. The van der Waals surface area contributed by atoms with Crippen molar-refractivity contribution in [3.63, 3.8) is 0 Å². The molecule has 1 N–H and O–H groups in total. The summed E-state index contributed by atoms with van der Waals surface area (Å²) in [5.74, 6) is 0.0155. The zero-order valence-electron chi connectivity index (χ0n) is 7.36. The largest absolute Gasteiger partial charge is 0.344 e. The molecule has 0 bridgehead atoms. The van der Waals surface area contributed by atoms with Gasteiger partial charge < -0.3 is 9.88 Å². The first kappa shape index (κ1) is 8.10. The van der Waals surface area contributed by atoms with E-state index in [2.05, 4.69) is 4.98 Å². The number of aromatic amines is 1. The maximum Gasteiger partial charge on any atom is 0.326 e. The van der Waals surface area contributed by atoms with E-state index in [4.69, 9.17) is 0 Å². The van der Waals surface area contributed by atoms with Crippen molar-refractivity contribution in [2.75, 3.05) is 13.6 Å². The van der Waals surface area contributed by atoms with Crippen molar-refractivity contribution in [1.82, 2.24) is 14.5 Å². The van der Waals surface area contributed by atoms with Gasteiger partial charge in [-0.1, -0.05) is 0 Å². The highest BCUT2D eigenvalue weighted by Crippen LogP contribution is 2.19. The van der Waals surface area contributed by atoms with Crippen LogP contribution in [-0.2, 0) is 4.79 Å². The minimum absolute atomic E-state index is 0.0155. The molecule has 5 heteroatoms. The van der Waals surface area contributed by atoms with Gasteiger partial charge in [-0.3, -0.25) is 9.36 Å². The van der Waals surface area contributed by atoms with Crippen molar-refractivity contribution in [3.05, 3.63) is 22.9 Å². The lowest BCUT2D eigenvalue weighted by atomic mass is 10.2. The van der Waals surface area contributed by atoms with E-state index in [1.165, 1.54) is 4.57 Å². The Kier molecular flexibility index (Phi) is 1.72. The second-order valence-corrected chi connectivity index (χ2v) is 3.24. The first-order valence-corrected chi connectivity index (χ1v) is 4.20. The average Bonchev–Trinajstić information content (AvgIpc) is 2.62. The van der Waals surface area contributed by atoms with Crippen LogP contribution in [0.15, 0.2) is 17.2 Å². The van der Waals surface area contributed by atoms with E-state index in [-0.39, 0.29) is 17.6 Å². The molecule has 1 aliphatic heterocycles. The number of likely N-dealkylation sites (N-methyl/N-ethyl adjacent to an activating group) is 1. The third-order valence-electron chi connectivity index (χ3n) is 2.41. The van der Waals surface area contributed by atoms with Gasteiger partial charge in [0.2, 0.25) is 5.91 Å². The third kappa shape index (κ3) is 1.16. The topological polar surface area (TPSA) is 58.1 Å². The summed E-state index contributed by atoms with van der Waals surface area (Å²) in [6.07, 6.45) is 3.88. The zero-order valence-corrected chi connectivity index (χ0v) is 7.36. The van der Waals surface area contributed by atoms with E-state index in [0.717, 1.165) is 6.54 Å². The van der Waals surface area contributed by atoms with Crippen molar-refractivity contribution < 1.29 is 4.79 Å². The standard InChI is InChI=1S/C8H11N3O2/c1-10-4-2-6(7(10)12)11-5-3-9-8(11)13/h3,5-6H,2,4H2,1H3,(H,9,13). The van der Waals surface area contributed by atoms with Crippen LogP contribution in [0.5, 0.6) is 0 Å². The second kappa shape index (κ2) is 2.76. The number of nitrogens with zero attached hydrogens (tertiary/aromatic N) is 2. The van der Waals surface area contributed by atoms with E-state index in [1.54, 1.807) is 24.3 Å². The summed E-state index contributed by atoms with van der Waals surface area (Å²) in [6, 6.07) is -0.302. The Morgan fingerprint density at radius 2 is 2.31 bits per heavy atom. The molecule has 0 radical (unpaired) electrons. The normalized spacial score (nSPS) is 22.7. The third-order valence-corrected chi connectivity index (χ3v) is 2.41. The highest BCUT2D eigenvalue weighted by molar-refractivity contribution is 5.82. The fourth-order valence-corrected chi connectivity index (χ4v) is 1.64. The van der Waals surface area contributed by atoms with Gasteiger partial charge in [-0.05, 0) is 6.42 Å². The Bertz CT molecular complexity index is 379. The molecule has 1 saturated heterocycles. The molecule has 1 atom stereocenters. The molecule has 1 aromatic heterocycles. The van der Waals surface area contributed by atoms with Crippen molar-refractivity contribution in [1.29, 1.82) is 0 Å². The zero-order chi connectivity index (χ0) is 9.42. The van der Waals surface area contributed by atoms with Crippen molar-refractivity contribution in [2.24, 2.45) is 0 Å². The summed E-state index contributed by atoms with van der Waals surface area (Å²) in [5.41, 5.74) is -0.214. The fourth-order valence-electron chi connectivity index (χ4n) is 1.64. The van der Waals surface area contributed by atoms with Gasteiger partial charge in [0.1, 0.15) is 6.04 Å². The molecule has 2 heterocycles. The van der Waals surface area contributed by atoms with E-state index < -0.39 is 0 Å². The van der Waals surface area contributed by atoms with Crippen LogP contribution in [0.2, 0.25) is 0 Å².